The minimum Gasteiger partial charge on any atom is -0.492 e. The van der Waals surface area contributed by atoms with E-state index < -0.39 is 0 Å². The standard InChI is InChI=1S/C16H25N3O/c1-2-9-18(8-1)12-13-20-16-5-3-4-15(14-16)19-10-6-17-7-11-19/h3-5,14,17H,1-2,6-13H2. The first-order valence-electron chi connectivity index (χ1n) is 7.83. The average Bonchev–Trinajstić information content (AvgIpc) is 3.02. The summed E-state index contributed by atoms with van der Waals surface area (Å²) >= 11 is 0. The van der Waals surface area contributed by atoms with Crippen LogP contribution in [-0.2, 0) is 0 Å². The summed E-state index contributed by atoms with van der Waals surface area (Å²) in [5.41, 5.74) is 1.28. The molecule has 110 valence electrons. The zero-order valence-electron chi connectivity index (χ0n) is 12.2. The van der Waals surface area contributed by atoms with Crippen LogP contribution in [0, 0.1) is 0 Å². The molecule has 0 bridgehead atoms. The maximum absolute atomic E-state index is 5.92. The summed E-state index contributed by atoms with van der Waals surface area (Å²) in [6, 6.07) is 8.52. The molecule has 0 saturated carbocycles. The molecular weight excluding hydrogens is 250 g/mol. The lowest BCUT2D eigenvalue weighted by Gasteiger charge is -2.29. The second-order valence-electron chi connectivity index (χ2n) is 5.63. The van der Waals surface area contributed by atoms with Gasteiger partial charge in [0.15, 0.2) is 0 Å². The summed E-state index contributed by atoms with van der Waals surface area (Å²) in [5.74, 6) is 1.00. The second kappa shape index (κ2) is 6.95. The van der Waals surface area contributed by atoms with Crippen molar-refractivity contribution >= 4 is 5.69 Å². The molecule has 2 aliphatic heterocycles. The summed E-state index contributed by atoms with van der Waals surface area (Å²) in [6.45, 7) is 8.63. The predicted molar refractivity (Wildman–Crippen MR) is 82.7 cm³/mol. The Balaban J connectivity index is 1.51. The molecule has 0 unspecified atom stereocenters. The first kappa shape index (κ1) is 13.7. The van der Waals surface area contributed by atoms with Crippen molar-refractivity contribution in [3.8, 4) is 5.75 Å². The predicted octanol–water partition coefficient (Wildman–Crippen LogP) is 1.57. The van der Waals surface area contributed by atoms with E-state index in [4.69, 9.17) is 4.74 Å². The molecule has 2 fully saturated rings. The van der Waals surface area contributed by atoms with E-state index >= 15 is 0 Å². The molecule has 4 nitrogen and oxygen atoms in total. The van der Waals surface area contributed by atoms with Crippen LogP contribution in [0.25, 0.3) is 0 Å². The van der Waals surface area contributed by atoms with Crippen molar-refractivity contribution in [2.75, 3.05) is 57.3 Å². The van der Waals surface area contributed by atoms with Crippen molar-refractivity contribution < 1.29 is 4.74 Å². The van der Waals surface area contributed by atoms with E-state index in [0.717, 1.165) is 45.1 Å². The molecular formula is C16H25N3O. The van der Waals surface area contributed by atoms with Crippen LogP contribution in [-0.4, -0.2) is 57.3 Å². The van der Waals surface area contributed by atoms with Crippen molar-refractivity contribution in [2.24, 2.45) is 0 Å². The van der Waals surface area contributed by atoms with E-state index in [1.54, 1.807) is 0 Å². The van der Waals surface area contributed by atoms with Crippen LogP contribution in [0.15, 0.2) is 24.3 Å². The molecule has 3 rings (SSSR count). The van der Waals surface area contributed by atoms with Gasteiger partial charge in [-0.1, -0.05) is 6.07 Å². The molecule has 0 aliphatic carbocycles. The SMILES string of the molecule is c1cc(OCCN2CCCC2)cc(N2CCNCC2)c1. The fraction of sp³-hybridized carbons (Fsp3) is 0.625. The molecule has 0 amide bonds. The smallest absolute Gasteiger partial charge is 0.121 e. The van der Waals surface area contributed by atoms with Crippen molar-refractivity contribution in [3.63, 3.8) is 0 Å². The van der Waals surface area contributed by atoms with Crippen molar-refractivity contribution in [1.29, 1.82) is 0 Å². The van der Waals surface area contributed by atoms with Crippen molar-refractivity contribution in [2.45, 2.75) is 12.8 Å². The maximum Gasteiger partial charge on any atom is 0.121 e. The number of piperazine rings is 1. The first-order valence-corrected chi connectivity index (χ1v) is 7.83. The van der Waals surface area contributed by atoms with Crippen LogP contribution < -0.4 is 15.0 Å². The van der Waals surface area contributed by atoms with Gasteiger partial charge < -0.3 is 15.0 Å². The summed E-state index contributed by atoms with van der Waals surface area (Å²) < 4.78 is 5.92. The molecule has 2 aliphatic rings. The molecule has 2 saturated heterocycles. The average molecular weight is 275 g/mol. The monoisotopic (exact) mass is 275 g/mol. The fourth-order valence-corrected chi connectivity index (χ4v) is 2.99. The lowest BCUT2D eigenvalue weighted by Crippen LogP contribution is -2.43. The number of nitrogens with one attached hydrogen (secondary N) is 1. The maximum atomic E-state index is 5.92. The van der Waals surface area contributed by atoms with Crippen LogP contribution in [0.1, 0.15) is 12.8 Å². The van der Waals surface area contributed by atoms with Crippen molar-refractivity contribution in [1.82, 2.24) is 10.2 Å². The molecule has 0 atom stereocenters. The Bertz CT molecular complexity index is 412. The van der Waals surface area contributed by atoms with Crippen LogP contribution in [0.3, 0.4) is 0 Å². The highest BCUT2D eigenvalue weighted by Gasteiger charge is 2.12. The molecule has 1 N–H and O–H groups in total. The Labute approximate surface area is 121 Å². The van der Waals surface area contributed by atoms with Crippen LogP contribution in [0.2, 0.25) is 0 Å². The highest BCUT2D eigenvalue weighted by atomic mass is 16.5. The number of hydrogen-bond acceptors (Lipinski definition) is 4. The van der Waals surface area contributed by atoms with Crippen LogP contribution in [0.5, 0.6) is 5.75 Å². The third-order valence-electron chi connectivity index (χ3n) is 4.17. The summed E-state index contributed by atoms with van der Waals surface area (Å²) in [7, 11) is 0. The van der Waals surface area contributed by atoms with Gasteiger partial charge in [-0.3, -0.25) is 4.90 Å². The van der Waals surface area contributed by atoms with Gasteiger partial charge in [0.05, 0.1) is 0 Å². The number of anilines is 1. The van der Waals surface area contributed by atoms with Gasteiger partial charge in [0.2, 0.25) is 0 Å². The van der Waals surface area contributed by atoms with Gasteiger partial charge in [0, 0.05) is 44.5 Å². The van der Waals surface area contributed by atoms with Gasteiger partial charge in [-0.15, -0.1) is 0 Å². The molecule has 20 heavy (non-hydrogen) atoms. The van der Waals surface area contributed by atoms with E-state index in [1.807, 2.05) is 0 Å². The summed E-state index contributed by atoms with van der Waals surface area (Å²) in [4.78, 5) is 4.91. The highest BCUT2D eigenvalue weighted by Crippen LogP contribution is 2.21. The van der Waals surface area contributed by atoms with Gasteiger partial charge in [0.25, 0.3) is 0 Å². The Hall–Kier alpha value is -1.26. The minimum absolute atomic E-state index is 0.797. The van der Waals surface area contributed by atoms with Crippen LogP contribution in [0.4, 0.5) is 5.69 Å². The third-order valence-corrected chi connectivity index (χ3v) is 4.17. The Morgan fingerprint density at radius 3 is 2.65 bits per heavy atom. The van der Waals surface area contributed by atoms with Gasteiger partial charge in [-0.25, -0.2) is 0 Å². The van der Waals surface area contributed by atoms with Gasteiger partial charge in [0.1, 0.15) is 12.4 Å². The number of likely N-dealkylation sites (tertiary alicyclic amines) is 1. The first-order chi connectivity index (χ1) is 9.92. The molecule has 0 radical (unpaired) electrons. The fourth-order valence-electron chi connectivity index (χ4n) is 2.99. The largest absolute Gasteiger partial charge is 0.492 e. The normalized spacial score (nSPS) is 20.3. The summed E-state index contributed by atoms with van der Waals surface area (Å²) in [6.07, 6.45) is 2.69. The van der Waals surface area contributed by atoms with Gasteiger partial charge >= 0.3 is 0 Å². The lowest BCUT2D eigenvalue weighted by molar-refractivity contribution is 0.238. The Kier molecular flexibility index (Phi) is 4.77. The number of hydrogen-bond donors (Lipinski definition) is 1. The molecule has 0 aromatic heterocycles. The number of nitrogens with zero attached hydrogens (tertiary/aromatic N) is 2. The molecule has 1 aromatic rings. The van der Waals surface area contributed by atoms with Crippen molar-refractivity contribution in [3.05, 3.63) is 24.3 Å². The molecule has 2 heterocycles. The van der Waals surface area contributed by atoms with E-state index in [0.29, 0.717) is 0 Å². The van der Waals surface area contributed by atoms with E-state index in [-0.39, 0.29) is 0 Å². The summed E-state index contributed by atoms with van der Waals surface area (Å²) in [5, 5.41) is 3.39. The number of benzene rings is 1. The Morgan fingerprint density at radius 1 is 1.05 bits per heavy atom. The van der Waals surface area contributed by atoms with E-state index in [9.17, 15) is 0 Å². The highest BCUT2D eigenvalue weighted by molar-refractivity contribution is 5.51. The second-order valence-corrected chi connectivity index (χ2v) is 5.63. The zero-order valence-corrected chi connectivity index (χ0v) is 12.2. The molecule has 1 aromatic carbocycles. The Morgan fingerprint density at radius 2 is 1.85 bits per heavy atom. The zero-order chi connectivity index (χ0) is 13.6. The number of rotatable bonds is 5. The van der Waals surface area contributed by atoms with Gasteiger partial charge in [-0.2, -0.15) is 0 Å². The minimum atomic E-state index is 0.797. The number of ether oxygens (including phenoxy) is 1. The topological polar surface area (TPSA) is 27.7 Å². The van der Waals surface area contributed by atoms with E-state index in [2.05, 4.69) is 39.4 Å². The lowest BCUT2D eigenvalue weighted by atomic mass is 10.2. The van der Waals surface area contributed by atoms with Crippen LogP contribution >= 0.6 is 0 Å². The van der Waals surface area contributed by atoms with E-state index in [1.165, 1.54) is 31.6 Å². The van der Waals surface area contributed by atoms with Gasteiger partial charge in [-0.05, 0) is 38.1 Å². The quantitative estimate of drug-likeness (QED) is 0.883. The third kappa shape index (κ3) is 3.64. The molecule has 4 heteroatoms. The molecule has 0 spiro atoms.